The number of thiophene rings is 1. The van der Waals surface area contributed by atoms with Crippen LogP contribution in [-0.4, -0.2) is 16.8 Å². The highest BCUT2D eigenvalue weighted by molar-refractivity contribution is 7.26. The molecule has 8 aromatic rings. The molecule has 2 unspecified atom stereocenters. The zero-order valence-corrected chi connectivity index (χ0v) is 43.4. The maximum Gasteiger partial charge on any atom is 0.252 e. The van der Waals surface area contributed by atoms with E-state index in [2.05, 4.69) is 220 Å². The van der Waals surface area contributed by atoms with Crippen LogP contribution in [0.15, 0.2) is 109 Å². The molecule has 5 heterocycles. The second kappa shape index (κ2) is 13.7. The van der Waals surface area contributed by atoms with Gasteiger partial charge in [0, 0.05) is 54.7 Å². The lowest BCUT2D eigenvalue weighted by Crippen LogP contribution is -2.64. The Hall–Kier alpha value is -5.26. The quantitative estimate of drug-likeness (QED) is 0.164. The summed E-state index contributed by atoms with van der Waals surface area (Å²) in [6.45, 7) is 33.7. The Morgan fingerprint density at radius 1 is 0.552 bits per heavy atom. The highest BCUT2D eigenvalue weighted by Crippen LogP contribution is 2.62. The fraction of sp³-hybridized carbons (Fsp3) is 0.387. The third-order valence-corrected chi connectivity index (χ3v) is 18.3. The van der Waals surface area contributed by atoms with Crippen molar-refractivity contribution in [1.82, 2.24) is 4.57 Å². The maximum atomic E-state index is 2.92. The van der Waals surface area contributed by atoms with E-state index in [-0.39, 0.29) is 39.3 Å². The number of aromatic nitrogens is 1. The highest BCUT2D eigenvalue weighted by atomic mass is 32.1. The smallest absolute Gasteiger partial charge is 0.252 e. The molecule has 6 aromatic carbocycles. The predicted octanol–water partition coefficient (Wildman–Crippen LogP) is 15.5. The fourth-order valence-corrected chi connectivity index (χ4v) is 14.2. The lowest BCUT2D eigenvalue weighted by atomic mass is 9.33. The van der Waals surface area contributed by atoms with Gasteiger partial charge in [0.2, 0.25) is 0 Å². The summed E-state index contributed by atoms with van der Waals surface area (Å²) in [5.41, 5.74) is 20.6. The summed E-state index contributed by atoms with van der Waals surface area (Å²) in [6.07, 6.45) is 4.87. The van der Waals surface area contributed by atoms with Gasteiger partial charge in [0.1, 0.15) is 4.83 Å². The van der Waals surface area contributed by atoms with Crippen molar-refractivity contribution in [2.45, 2.75) is 155 Å². The van der Waals surface area contributed by atoms with E-state index >= 15 is 0 Å². The van der Waals surface area contributed by atoms with E-state index in [1.165, 1.54) is 123 Å². The number of nitrogens with zero attached hydrogens (tertiary/aromatic N) is 3. The van der Waals surface area contributed by atoms with Crippen molar-refractivity contribution in [3.05, 3.63) is 137 Å². The highest BCUT2D eigenvalue weighted by Gasteiger charge is 2.61. The van der Waals surface area contributed by atoms with Crippen LogP contribution in [0.25, 0.3) is 36.9 Å². The Kier molecular flexibility index (Phi) is 8.81. The van der Waals surface area contributed by atoms with Crippen LogP contribution >= 0.6 is 11.3 Å². The van der Waals surface area contributed by atoms with Crippen molar-refractivity contribution < 1.29 is 0 Å². The summed E-state index contributed by atoms with van der Waals surface area (Å²) < 4.78 is 4.08. The minimum atomic E-state index is -0.101. The first-order valence-corrected chi connectivity index (χ1v) is 26.0. The molecule has 1 fully saturated rings. The molecule has 1 saturated carbocycles. The van der Waals surface area contributed by atoms with Crippen molar-refractivity contribution in [2.24, 2.45) is 0 Å². The first-order chi connectivity index (χ1) is 31.5. The van der Waals surface area contributed by atoms with Crippen molar-refractivity contribution in [3.8, 4) is 5.69 Å². The van der Waals surface area contributed by atoms with Gasteiger partial charge in [-0.3, -0.25) is 0 Å². The molecule has 5 heteroatoms. The molecule has 3 nitrogen and oxygen atoms in total. The maximum absolute atomic E-state index is 2.92. The van der Waals surface area contributed by atoms with E-state index < -0.39 is 0 Å². The molecular weight excluding hydrogens is 830 g/mol. The largest absolute Gasteiger partial charge is 0.335 e. The summed E-state index contributed by atoms with van der Waals surface area (Å²) in [5, 5.41) is 4.15. The van der Waals surface area contributed by atoms with Crippen LogP contribution in [0.4, 0.5) is 28.4 Å². The van der Waals surface area contributed by atoms with Crippen LogP contribution in [0.2, 0.25) is 0 Å². The van der Waals surface area contributed by atoms with E-state index in [4.69, 9.17) is 0 Å². The molecule has 2 aromatic heterocycles. The van der Waals surface area contributed by atoms with Crippen LogP contribution in [-0.2, 0) is 27.1 Å². The van der Waals surface area contributed by atoms with Gasteiger partial charge in [-0.2, -0.15) is 0 Å². The summed E-state index contributed by atoms with van der Waals surface area (Å²) in [6, 6.07) is 43.7. The number of hydrogen-bond acceptors (Lipinski definition) is 3. The second-order valence-corrected chi connectivity index (χ2v) is 26.5. The Morgan fingerprint density at radius 2 is 1.10 bits per heavy atom. The average molecular weight is 898 g/mol. The predicted molar refractivity (Wildman–Crippen MR) is 293 cm³/mol. The molecule has 12 rings (SSSR count). The average Bonchev–Trinajstić information content (AvgIpc) is 3.87. The van der Waals surface area contributed by atoms with Crippen molar-refractivity contribution in [1.29, 1.82) is 0 Å². The number of anilines is 5. The SMILES string of the molecule is CC(C)(C)c1ccc(N(c2ccc(C(C)(C)C)cc2)c2cc3c4c(c2)-n2c5sc6ccccc6c5c5cc(C(C)(C)C)cc(c52)B4c2cc(C(C)(C)C)cc4c2N3C2(C)CCCCC42C)cc1. The topological polar surface area (TPSA) is 11.4 Å². The first-order valence-electron chi connectivity index (χ1n) is 25.2. The lowest BCUT2D eigenvalue weighted by molar-refractivity contribution is 0.195. The van der Waals surface area contributed by atoms with Gasteiger partial charge in [-0.25, -0.2) is 0 Å². The van der Waals surface area contributed by atoms with Crippen LogP contribution < -0.4 is 26.2 Å². The standard InChI is InChI=1S/C62H68BN3S/c1-57(2,3)37-21-25-41(26-22-37)64(42-27-23-38(24-28-42)58(4,5)6)43-35-49-53-50(36-43)66-55-46(61(13)29-17-18-30-62(61,66)14)32-40(60(10,11)12)34-48(55)63(53)47-33-39(59(7,8)9)31-45-52-44-19-15-16-20-51(44)67-56(52)65(49)54(45)47/h15-16,19-28,31-36H,17-18,29-30H2,1-14H3. The number of benzene rings is 6. The van der Waals surface area contributed by atoms with E-state index in [1.54, 1.807) is 5.56 Å². The fourth-order valence-electron chi connectivity index (χ4n) is 13.0. The third kappa shape index (κ3) is 5.95. The van der Waals surface area contributed by atoms with Crippen LogP contribution in [0.5, 0.6) is 0 Å². The molecule has 0 radical (unpaired) electrons. The molecule has 0 spiro atoms. The molecular formula is C62H68BN3S. The van der Waals surface area contributed by atoms with Gasteiger partial charge < -0.3 is 14.4 Å². The molecule has 340 valence electrons. The minimum absolute atomic E-state index is 0.00208. The minimum Gasteiger partial charge on any atom is -0.335 e. The Balaban J connectivity index is 1.25. The van der Waals surface area contributed by atoms with Gasteiger partial charge >= 0.3 is 0 Å². The van der Waals surface area contributed by atoms with E-state index in [0.29, 0.717) is 0 Å². The van der Waals surface area contributed by atoms with Crippen molar-refractivity contribution in [2.75, 3.05) is 9.80 Å². The number of hydrogen-bond donors (Lipinski definition) is 0. The molecule has 0 saturated heterocycles. The Morgan fingerprint density at radius 3 is 1.72 bits per heavy atom. The molecule has 1 aliphatic carbocycles. The van der Waals surface area contributed by atoms with Gasteiger partial charge in [0.15, 0.2) is 0 Å². The molecule has 0 bridgehead atoms. The Bertz CT molecular complexity index is 3320. The van der Waals surface area contributed by atoms with Crippen LogP contribution in [0.1, 0.15) is 150 Å². The summed E-state index contributed by atoms with van der Waals surface area (Å²) >= 11 is 1.97. The summed E-state index contributed by atoms with van der Waals surface area (Å²) in [5.74, 6) is 0. The molecule has 3 aliphatic heterocycles. The zero-order valence-electron chi connectivity index (χ0n) is 42.5. The van der Waals surface area contributed by atoms with E-state index in [1.807, 2.05) is 11.3 Å². The van der Waals surface area contributed by atoms with Crippen LogP contribution in [0.3, 0.4) is 0 Å². The van der Waals surface area contributed by atoms with Gasteiger partial charge in [-0.05, 0) is 134 Å². The summed E-state index contributed by atoms with van der Waals surface area (Å²) in [4.78, 5) is 6.83. The van der Waals surface area contributed by atoms with Crippen molar-refractivity contribution in [3.63, 3.8) is 0 Å². The molecule has 67 heavy (non-hydrogen) atoms. The van der Waals surface area contributed by atoms with Gasteiger partial charge in [-0.15, -0.1) is 11.3 Å². The monoisotopic (exact) mass is 898 g/mol. The lowest BCUT2D eigenvalue weighted by Gasteiger charge is -2.52. The number of rotatable bonds is 3. The third-order valence-electron chi connectivity index (χ3n) is 17.1. The Labute approximate surface area is 404 Å². The zero-order chi connectivity index (χ0) is 47.1. The number of fused-ring (bicyclic) bond motifs is 12. The summed E-state index contributed by atoms with van der Waals surface area (Å²) in [7, 11) is 0. The molecule has 0 amide bonds. The van der Waals surface area contributed by atoms with Gasteiger partial charge in [-0.1, -0.05) is 164 Å². The van der Waals surface area contributed by atoms with Gasteiger partial charge in [0.25, 0.3) is 6.71 Å². The normalized spacial score (nSPS) is 19.9. The second-order valence-electron chi connectivity index (χ2n) is 25.4. The van der Waals surface area contributed by atoms with Crippen molar-refractivity contribution >= 4 is 94.1 Å². The van der Waals surface area contributed by atoms with E-state index in [0.717, 1.165) is 6.42 Å². The first kappa shape index (κ1) is 43.1. The van der Waals surface area contributed by atoms with Gasteiger partial charge in [0.05, 0.1) is 16.7 Å². The molecule has 0 N–H and O–H groups in total. The van der Waals surface area contributed by atoms with Crippen LogP contribution in [0, 0.1) is 0 Å². The van der Waals surface area contributed by atoms with E-state index in [9.17, 15) is 0 Å². The molecule has 2 atom stereocenters. The molecule has 4 aliphatic rings.